The first-order valence-corrected chi connectivity index (χ1v) is 8.72. The monoisotopic (exact) mass is 302 g/mol. The molecule has 88 valence electrons. The summed E-state index contributed by atoms with van der Waals surface area (Å²) in [6.45, 7) is 1.97. The third kappa shape index (κ3) is 4.58. The van der Waals surface area contributed by atoms with Crippen molar-refractivity contribution >= 4 is 29.9 Å². The number of hydrogen-bond acceptors (Lipinski definition) is 3. The van der Waals surface area contributed by atoms with Crippen molar-refractivity contribution in [1.29, 1.82) is 0 Å². The van der Waals surface area contributed by atoms with Gasteiger partial charge in [0.2, 0.25) is 0 Å². The van der Waals surface area contributed by atoms with Crippen LogP contribution in [-0.4, -0.2) is 29.9 Å². The molecule has 16 heavy (non-hydrogen) atoms. The first kappa shape index (κ1) is 13.6. The van der Waals surface area contributed by atoms with E-state index in [1.807, 2.05) is 6.92 Å². The van der Waals surface area contributed by atoms with Gasteiger partial charge in [-0.2, -0.15) is 0 Å². The molecule has 0 radical (unpaired) electrons. The second kappa shape index (κ2) is 6.31. The van der Waals surface area contributed by atoms with Gasteiger partial charge in [0.05, 0.1) is 0 Å². The van der Waals surface area contributed by atoms with E-state index in [1.54, 1.807) is 24.3 Å². The van der Waals surface area contributed by atoms with Crippen molar-refractivity contribution in [2.24, 2.45) is 0 Å². The Morgan fingerprint density at radius 1 is 1.19 bits per heavy atom. The molecule has 1 rings (SSSR count). The molecule has 0 amide bonds. The van der Waals surface area contributed by atoms with Gasteiger partial charge in [-0.25, -0.2) is 0 Å². The van der Waals surface area contributed by atoms with Gasteiger partial charge >= 0.3 is 103 Å². The van der Waals surface area contributed by atoms with Crippen molar-refractivity contribution in [1.82, 2.24) is 0 Å². The number of rotatable bonds is 6. The second-order valence-electron chi connectivity index (χ2n) is 3.70. The molecule has 0 saturated carbocycles. The molecule has 0 heterocycles. The van der Waals surface area contributed by atoms with Gasteiger partial charge in [-0.3, -0.25) is 0 Å². The van der Waals surface area contributed by atoms with E-state index in [0.29, 0.717) is 6.42 Å². The van der Waals surface area contributed by atoms with E-state index in [4.69, 9.17) is 0 Å². The summed E-state index contributed by atoms with van der Waals surface area (Å²) in [5.41, 5.74) is 0.773. The molecule has 0 aromatic heterocycles. The third-order valence-electron chi connectivity index (χ3n) is 2.24. The van der Waals surface area contributed by atoms with Crippen molar-refractivity contribution in [3.63, 3.8) is 0 Å². The van der Waals surface area contributed by atoms with Crippen LogP contribution in [0.1, 0.15) is 25.3 Å². The van der Waals surface area contributed by atoms with Crippen LogP contribution in [0.3, 0.4) is 0 Å². The summed E-state index contributed by atoms with van der Waals surface area (Å²) < 4.78 is 34.7. The van der Waals surface area contributed by atoms with Gasteiger partial charge in [-0.1, -0.05) is 0 Å². The molecule has 1 aromatic rings. The Labute approximate surface area is 103 Å². The Balaban J connectivity index is 2.68. The number of hydrogen-bond donors (Lipinski definition) is 0. The van der Waals surface area contributed by atoms with Gasteiger partial charge in [0.25, 0.3) is 0 Å². The first-order valence-electron chi connectivity index (χ1n) is 5.20. The third-order valence-corrected chi connectivity index (χ3v) is 4.99. The summed E-state index contributed by atoms with van der Waals surface area (Å²) in [5, 5.41) is 0. The summed E-state index contributed by atoms with van der Waals surface area (Å²) in [7, 11) is -2.99. The van der Waals surface area contributed by atoms with Crippen molar-refractivity contribution in [3.05, 3.63) is 29.8 Å². The Hall–Kier alpha value is -0.472. The summed E-state index contributed by atoms with van der Waals surface area (Å²) in [4.78, 5) is 0. The molecule has 1 aromatic carbocycles. The average Bonchev–Trinajstić information content (AvgIpc) is 2.27. The zero-order chi connectivity index (χ0) is 12.0. The Kier molecular flexibility index (Phi) is 5.36. The van der Waals surface area contributed by atoms with Gasteiger partial charge in [-0.05, 0) is 0 Å². The molecule has 0 aliphatic heterocycles. The maximum absolute atomic E-state index is 11.7. The molecule has 3 nitrogen and oxygen atoms in total. The zero-order valence-electron chi connectivity index (χ0n) is 9.22. The van der Waals surface area contributed by atoms with E-state index in [2.05, 4.69) is 0 Å². The average molecular weight is 302 g/mol. The number of unbranched alkanes of at least 4 members (excludes halogenated alkanes) is 1. The molecule has 0 N–H and O–H groups in total. The van der Waals surface area contributed by atoms with Crippen LogP contribution in [0.15, 0.2) is 24.3 Å². The second-order valence-corrected chi connectivity index (χ2v) is 7.35. The molecule has 0 saturated heterocycles. The minimum absolute atomic E-state index is 0.0859. The molecule has 0 aliphatic carbocycles. The fraction of sp³-hybridized carbons (Fsp3) is 0.455. The fourth-order valence-corrected chi connectivity index (χ4v) is 3.48. The molecular weight excluding hydrogens is 287 g/mol. The fourth-order valence-electron chi connectivity index (χ4n) is 1.34. The van der Waals surface area contributed by atoms with Crippen LogP contribution in [0.25, 0.3) is 0 Å². The molecule has 0 fully saturated rings. The van der Waals surface area contributed by atoms with E-state index in [1.165, 1.54) is 0 Å². The number of sulfone groups is 1. The SMILES string of the molecule is CCCCS(=O)(=O)Cc1ccc([As]=O)cc1. The quantitative estimate of drug-likeness (QED) is 0.739. The molecule has 0 aliphatic rings. The predicted octanol–water partition coefficient (Wildman–Crippen LogP) is 1.08. The van der Waals surface area contributed by atoms with Crippen molar-refractivity contribution in [3.8, 4) is 0 Å². The van der Waals surface area contributed by atoms with Crippen molar-refractivity contribution in [2.45, 2.75) is 25.5 Å². The summed E-state index contributed by atoms with van der Waals surface area (Å²) >= 11 is -1.02. The summed E-state index contributed by atoms with van der Waals surface area (Å²) in [6, 6.07) is 6.95. The van der Waals surface area contributed by atoms with E-state index < -0.39 is 25.5 Å². The normalized spacial score (nSPS) is 11.8. The first-order chi connectivity index (χ1) is 7.57. The van der Waals surface area contributed by atoms with Crippen molar-refractivity contribution < 1.29 is 12.2 Å². The van der Waals surface area contributed by atoms with E-state index in [9.17, 15) is 12.2 Å². The topological polar surface area (TPSA) is 51.2 Å². The van der Waals surface area contributed by atoms with Crippen LogP contribution >= 0.6 is 0 Å². The molecule has 0 atom stereocenters. The minimum atomic E-state index is -2.99. The molecule has 0 bridgehead atoms. The van der Waals surface area contributed by atoms with Gasteiger partial charge in [0.1, 0.15) is 0 Å². The summed E-state index contributed by atoms with van der Waals surface area (Å²) in [5.74, 6) is 0.335. The van der Waals surface area contributed by atoms with Crippen LogP contribution in [0.4, 0.5) is 0 Å². The Morgan fingerprint density at radius 3 is 2.31 bits per heavy atom. The van der Waals surface area contributed by atoms with E-state index >= 15 is 0 Å². The molecule has 0 spiro atoms. The maximum atomic E-state index is 11.7. The van der Waals surface area contributed by atoms with E-state index in [-0.39, 0.29) is 11.5 Å². The number of benzene rings is 1. The predicted molar refractivity (Wildman–Crippen MR) is 64.9 cm³/mol. The van der Waals surface area contributed by atoms with Crippen LogP contribution in [-0.2, 0) is 19.3 Å². The van der Waals surface area contributed by atoms with Crippen LogP contribution in [0.5, 0.6) is 0 Å². The van der Waals surface area contributed by atoms with Gasteiger partial charge in [0.15, 0.2) is 0 Å². The van der Waals surface area contributed by atoms with Crippen LogP contribution in [0, 0.1) is 0 Å². The molecule has 0 unspecified atom stereocenters. The van der Waals surface area contributed by atoms with Gasteiger partial charge in [-0.15, -0.1) is 0 Å². The van der Waals surface area contributed by atoms with Gasteiger partial charge in [0, 0.05) is 0 Å². The molecule has 5 heteroatoms. The van der Waals surface area contributed by atoms with Gasteiger partial charge < -0.3 is 0 Å². The summed E-state index contributed by atoms with van der Waals surface area (Å²) in [6.07, 6.45) is 1.60. The zero-order valence-corrected chi connectivity index (χ0v) is 11.9. The standard InChI is InChI=1S/C11H15AsO3S/c1-2-3-8-16(14,15)9-10-4-6-11(12-13)7-5-10/h4-7H,2-3,8-9H2,1H3. The van der Waals surface area contributed by atoms with Crippen molar-refractivity contribution in [2.75, 3.05) is 5.75 Å². The Morgan fingerprint density at radius 2 is 1.81 bits per heavy atom. The Bertz CT molecular complexity index is 437. The van der Waals surface area contributed by atoms with Crippen LogP contribution < -0.4 is 4.35 Å². The van der Waals surface area contributed by atoms with E-state index in [0.717, 1.165) is 16.3 Å². The van der Waals surface area contributed by atoms with Crippen LogP contribution in [0.2, 0.25) is 0 Å². The molecular formula is C11H15AsO3S.